The largest absolute Gasteiger partial charge is 0.330 e. The molecule has 2 aromatic rings. The fourth-order valence-electron chi connectivity index (χ4n) is 1.52. The lowest BCUT2D eigenvalue weighted by molar-refractivity contribution is 0.102. The summed E-state index contributed by atoms with van der Waals surface area (Å²) in [4.78, 5) is 16.2. The second kappa shape index (κ2) is 6.14. The maximum Gasteiger partial charge on any atom is 0.275 e. The Morgan fingerprint density at radius 3 is 3.00 bits per heavy atom. The van der Waals surface area contributed by atoms with Crippen molar-refractivity contribution in [1.29, 1.82) is 0 Å². The molecule has 100 valence electrons. The van der Waals surface area contributed by atoms with E-state index in [-0.39, 0.29) is 5.91 Å². The molecule has 0 radical (unpaired) electrons. The lowest BCUT2D eigenvalue weighted by atomic mass is 10.2. The third-order valence-electron chi connectivity index (χ3n) is 2.57. The molecule has 19 heavy (non-hydrogen) atoms. The number of halogens is 1. The zero-order valence-corrected chi connectivity index (χ0v) is 12.0. The molecule has 0 saturated carbocycles. The van der Waals surface area contributed by atoms with E-state index >= 15 is 0 Å². The minimum Gasteiger partial charge on any atom is -0.330 e. The third-order valence-corrected chi connectivity index (χ3v) is 3.89. The molecule has 3 N–H and O–H groups in total. The standard InChI is InChI=1S/C13H14ClN3OS/c1-8-2-3-9(6-10(8)14)16-13(18)11-7-19-12(17-11)4-5-15/h2-3,6-7H,4-5,15H2,1H3,(H,16,18). The third kappa shape index (κ3) is 3.53. The van der Waals surface area contributed by atoms with Gasteiger partial charge in [0, 0.05) is 22.5 Å². The molecule has 0 fully saturated rings. The molecule has 1 amide bonds. The number of aromatic nitrogens is 1. The van der Waals surface area contributed by atoms with Crippen LogP contribution in [0.4, 0.5) is 5.69 Å². The van der Waals surface area contributed by atoms with Gasteiger partial charge in [0.25, 0.3) is 5.91 Å². The molecule has 0 aliphatic carbocycles. The average molecular weight is 296 g/mol. The first-order chi connectivity index (χ1) is 9.10. The zero-order chi connectivity index (χ0) is 13.8. The smallest absolute Gasteiger partial charge is 0.275 e. The Labute approximate surface area is 120 Å². The van der Waals surface area contributed by atoms with Gasteiger partial charge in [0.1, 0.15) is 5.69 Å². The van der Waals surface area contributed by atoms with Crippen LogP contribution in [0.1, 0.15) is 21.1 Å². The zero-order valence-electron chi connectivity index (χ0n) is 10.4. The quantitative estimate of drug-likeness (QED) is 0.911. The number of amides is 1. The highest BCUT2D eigenvalue weighted by atomic mass is 35.5. The van der Waals surface area contributed by atoms with Gasteiger partial charge in [-0.25, -0.2) is 4.98 Å². The van der Waals surface area contributed by atoms with Gasteiger partial charge in [0.2, 0.25) is 0 Å². The van der Waals surface area contributed by atoms with Crippen molar-refractivity contribution < 1.29 is 4.79 Å². The molecular weight excluding hydrogens is 282 g/mol. The number of carbonyl (C=O) groups excluding carboxylic acids is 1. The molecule has 0 unspecified atom stereocenters. The number of carbonyl (C=O) groups is 1. The molecule has 2 rings (SSSR count). The Bertz CT molecular complexity index is 597. The Morgan fingerprint density at radius 2 is 2.32 bits per heavy atom. The molecular formula is C13H14ClN3OS. The number of hydrogen-bond acceptors (Lipinski definition) is 4. The molecule has 0 atom stereocenters. The normalized spacial score (nSPS) is 10.5. The lowest BCUT2D eigenvalue weighted by Crippen LogP contribution is -2.12. The van der Waals surface area contributed by atoms with E-state index in [1.165, 1.54) is 11.3 Å². The maximum atomic E-state index is 12.0. The summed E-state index contributed by atoms with van der Waals surface area (Å²) in [5.74, 6) is -0.237. The number of benzene rings is 1. The van der Waals surface area contributed by atoms with Crippen LogP contribution in [-0.2, 0) is 6.42 Å². The van der Waals surface area contributed by atoms with Crippen LogP contribution < -0.4 is 11.1 Å². The van der Waals surface area contributed by atoms with Crippen LogP contribution in [0.5, 0.6) is 0 Å². The van der Waals surface area contributed by atoms with Crippen LogP contribution >= 0.6 is 22.9 Å². The second-order valence-corrected chi connectivity index (χ2v) is 5.43. The molecule has 1 heterocycles. The minimum atomic E-state index is -0.237. The van der Waals surface area contributed by atoms with Crippen molar-refractivity contribution in [1.82, 2.24) is 4.98 Å². The van der Waals surface area contributed by atoms with E-state index in [9.17, 15) is 4.79 Å². The highest BCUT2D eigenvalue weighted by Crippen LogP contribution is 2.20. The summed E-state index contributed by atoms with van der Waals surface area (Å²) < 4.78 is 0. The first-order valence-electron chi connectivity index (χ1n) is 5.82. The summed E-state index contributed by atoms with van der Waals surface area (Å²) in [6.07, 6.45) is 0.689. The van der Waals surface area contributed by atoms with Crippen molar-refractivity contribution >= 4 is 34.5 Å². The topological polar surface area (TPSA) is 68.0 Å². The molecule has 0 bridgehead atoms. The van der Waals surface area contributed by atoms with Crippen LogP contribution in [0, 0.1) is 6.92 Å². The summed E-state index contributed by atoms with van der Waals surface area (Å²) in [6.45, 7) is 2.44. The van der Waals surface area contributed by atoms with Crippen LogP contribution in [-0.4, -0.2) is 17.4 Å². The van der Waals surface area contributed by atoms with Gasteiger partial charge in [-0.1, -0.05) is 17.7 Å². The predicted molar refractivity (Wildman–Crippen MR) is 79.0 cm³/mol. The van der Waals surface area contributed by atoms with Crippen molar-refractivity contribution in [3.8, 4) is 0 Å². The molecule has 0 aliphatic heterocycles. The van der Waals surface area contributed by atoms with E-state index < -0.39 is 0 Å². The van der Waals surface area contributed by atoms with Gasteiger partial charge in [0.15, 0.2) is 0 Å². The number of aryl methyl sites for hydroxylation is 1. The van der Waals surface area contributed by atoms with Gasteiger partial charge in [-0.2, -0.15) is 0 Å². The summed E-state index contributed by atoms with van der Waals surface area (Å²) in [5, 5.41) is 6.00. The van der Waals surface area contributed by atoms with Crippen molar-refractivity contribution in [3.05, 3.63) is 44.9 Å². The number of nitrogens with zero attached hydrogens (tertiary/aromatic N) is 1. The van der Waals surface area contributed by atoms with Gasteiger partial charge in [-0.05, 0) is 31.2 Å². The Hall–Kier alpha value is -1.43. The average Bonchev–Trinajstić information content (AvgIpc) is 2.83. The number of anilines is 1. The number of thiazole rings is 1. The highest BCUT2D eigenvalue weighted by molar-refractivity contribution is 7.09. The SMILES string of the molecule is Cc1ccc(NC(=O)c2csc(CCN)n2)cc1Cl. The number of hydrogen-bond donors (Lipinski definition) is 2. The summed E-state index contributed by atoms with van der Waals surface area (Å²) in [7, 11) is 0. The molecule has 6 heteroatoms. The van der Waals surface area contributed by atoms with Crippen molar-refractivity contribution in [2.75, 3.05) is 11.9 Å². The molecule has 4 nitrogen and oxygen atoms in total. The van der Waals surface area contributed by atoms with E-state index in [1.54, 1.807) is 11.4 Å². The molecule has 1 aromatic heterocycles. The summed E-state index contributed by atoms with van der Waals surface area (Å²) in [6, 6.07) is 5.40. The van der Waals surface area contributed by atoms with Crippen molar-refractivity contribution in [2.24, 2.45) is 5.73 Å². The van der Waals surface area contributed by atoms with E-state index in [1.807, 2.05) is 19.1 Å². The first-order valence-corrected chi connectivity index (χ1v) is 7.08. The van der Waals surface area contributed by atoms with Gasteiger partial charge in [-0.3, -0.25) is 4.79 Å². The van der Waals surface area contributed by atoms with Crippen LogP contribution in [0.3, 0.4) is 0 Å². The van der Waals surface area contributed by atoms with E-state index in [4.69, 9.17) is 17.3 Å². The monoisotopic (exact) mass is 295 g/mol. The number of nitrogens with two attached hydrogens (primary N) is 1. The fraction of sp³-hybridized carbons (Fsp3) is 0.231. The van der Waals surface area contributed by atoms with Gasteiger partial charge < -0.3 is 11.1 Å². The number of rotatable bonds is 4. The summed E-state index contributed by atoms with van der Waals surface area (Å²) >= 11 is 7.45. The Morgan fingerprint density at radius 1 is 1.53 bits per heavy atom. The maximum absolute atomic E-state index is 12.0. The summed E-state index contributed by atoms with van der Waals surface area (Å²) in [5.41, 5.74) is 7.49. The van der Waals surface area contributed by atoms with E-state index in [2.05, 4.69) is 10.3 Å². The van der Waals surface area contributed by atoms with E-state index in [0.29, 0.717) is 29.4 Å². The Balaban J connectivity index is 2.09. The second-order valence-electron chi connectivity index (χ2n) is 4.08. The minimum absolute atomic E-state index is 0.237. The van der Waals surface area contributed by atoms with Crippen LogP contribution in [0.15, 0.2) is 23.6 Å². The van der Waals surface area contributed by atoms with Gasteiger partial charge >= 0.3 is 0 Å². The van der Waals surface area contributed by atoms with Gasteiger partial charge in [-0.15, -0.1) is 11.3 Å². The van der Waals surface area contributed by atoms with Crippen molar-refractivity contribution in [2.45, 2.75) is 13.3 Å². The lowest BCUT2D eigenvalue weighted by Gasteiger charge is -2.05. The molecule has 1 aromatic carbocycles. The Kier molecular flexibility index (Phi) is 4.52. The first kappa shape index (κ1) is 14.0. The fourth-order valence-corrected chi connectivity index (χ4v) is 2.49. The van der Waals surface area contributed by atoms with E-state index in [0.717, 1.165) is 10.6 Å². The van der Waals surface area contributed by atoms with Gasteiger partial charge in [0.05, 0.1) is 5.01 Å². The van der Waals surface area contributed by atoms with Crippen LogP contribution in [0.2, 0.25) is 5.02 Å². The van der Waals surface area contributed by atoms with Crippen molar-refractivity contribution in [3.63, 3.8) is 0 Å². The van der Waals surface area contributed by atoms with Crippen LogP contribution in [0.25, 0.3) is 0 Å². The molecule has 0 spiro atoms. The molecule has 0 aliphatic rings. The molecule has 0 saturated heterocycles. The number of nitrogens with one attached hydrogen (secondary N) is 1. The highest BCUT2D eigenvalue weighted by Gasteiger charge is 2.11. The predicted octanol–water partition coefficient (Wildman–Crippen LogP) is 2.86.